The van der Waals surface area contributed by atoms with Gasteiger partial charge in [-0.1, -0.05) is 54.1 Å². The minimum atomic E-state index is -0.0802. The molecule has 1 heterocycles. The zero-order valence-electron chi connectivity index (χ0n) is 14.6. The summed E-state index contributed by atoms with van der Waals surface area (Å²) in [6.45, 7) is 4.94. The summed E-state index contributed by atoms with van der Waals surface area (Å²) in [4.78, 5) is 16.6. The number of carbonyl (C=O) groups excluding carboxylic acids is 1. The minimum Gasteiger partial charge on any atom is -0.297 e. The average molecular weight is 371 g/mol. The molecular weight excluding hydrogens is 348 g/mol. The molecule has 3 rings (SSSR count). The van der Waals surface area contributed by atoms with Crippen LogP contribution in [-0.4, -0.2) is 54.6 Å². The van der Waals surface area contributed by atoms with Gasteiger partial charge >= 0.3 is 0 Å². The van der Waals surface area contributed by atoms with Gasteiger partial charge in [-0.2, -0.15) is 5.10 Å². The Morgan fingerprint density at radius 1 is 1.00 bits per heavy atom. The van der Waals surface area contributed by atoms with Crippen molar-refractivity contribution in [3.63, 3.8) is 0 Å². The number of rotatable bonds is 6. The number of halogens is 1. The van der Waals surface area contributed by atoms with Gasteiger partial charge in [0.1, 0.15) is 0 Å². The zero-order chi connectivity index (χ0) is 18.2. The van der Waals surface area contributed by atoms with Crippen molar-refractivity contribution < 1.29 is 4.79 Å². The predicted octanol–water partition coefficient (Wildman–Crippen LogP) is 2.61. The lowest BCUT2D eigenvalue weighted by atomic mass is 10.2. The quantitative estimate of drug-likeness (QED) is 0.628. The molecule has 136 valence electrons. The summed E-state index contributed by atoms with van der Waals surface area (Å²) in [5, 5.41) is 4.78. The molecule has 1 amide bonds. The fourth-order valence-corrected chi connectivity index (χ4v) is 3.04. The fraction of sp³-hybridized carbons (Fsp3) is 0.300. The number of benzene rings is 2. The van der Waals surface area contributed by atoms with Crippen LogP contribution < -0.4 is 5.43 Å². The normalized spacial score (nSPS) is 16.0. The highest BCUT2D eigenvalue weighted by Crippen LogP contribution is 2.12. The van der Waals surface area contributed by atoms with Gasteiger partial charge in [0, 0.05) is 37.7 Å². The van der Waals surface area contributed by atoms with Crippen LogP contribution in [0.5, 0.6) is 0 Å². The van der Waals surface area contributed by atoms with Gasteiger partial charge in [-0.15, -0.1) is 0 Å². The Labute approximate surface area is 159 Å². The minimum absolute atomic E-state index is 0.0802. The highest BCUT2D eigenvalue weighted by atomic mass is 35.5. The van der Waals surface area contributed by atoms with E-state index in [9.17, 15) is 4.79 Å². The van der Waals surface area contributed by atoms with E-state index in [0.717, 1.165) is 43.3 Å². The first-order chi connectivity index (χ1) is 12.7. The van der Waals surface area contributed by atoms with Crippen molar-refractivity contribution in [1.29, 1.82) is 0 Å². The first-order valence-corrected chi connectivity index (χ1v) is 9.13. The lowest BCUT2D eigenvalue weighted by molar-refractivity contribution is -0.122. The molecule has 26 heavy (non-hydrogen) atoms. The predicted molar refractivity (Wildman–Crippen MR) is 105 cm³/mol. The summed E-state index contributed by atoms with van der Waals surface area (Å²) in [6, 6.07) is 17.7. The molecule has 0 aromatic heterocycles. The molecule has 2 aromatic carbocycles. The van der Waals surface area contributed by atoms with Gasteiger partial charge in [0.15, 0.2) is 0 Å². The molecule has 0 aliphatic carbocycles. The van der Waals surface area contributed by atoms with E-state index in [0.29, 0.717) is 6.54 Å². The third-order valence-electron chi connectivity index (χ3n) is 4.35. The Kier molecular flexibility index (Phi) is 6.77. The molecule has 0 spiro atoms. The number of nitrogens with one attached hydrogen (secondary N) is 1. The summed E-state index contributed by atoms with van der Waals surface area (Å²) in [7, 11) is 0. The van der Waals surface area contributed by atoms with Crippen molar-refractivity contribution in [2.24, 2.45) is 5.10 Å². The Morgan fingerprint density at radius 2 is 1.65 bits per heavy atom. The van der Waals surface area contributed by atoms with E-state index in [2.05, 4.69) is 32.5 Å². The van der Waals surface area contributed by atoms with E-state index in [1.54, 1.807) is 6.21 Å². The van der Waals surface area contributed by atoms with Crippen LogP contribution in [0.15, 0.2) is 59.7 Å². The Hall–Kier alpha value is -2.21. The van der Waals surface area contributed by atoms with E-state index < -0.39 is 0 Å². The van der Waals surface area contributed by atoms with Gasteiger partial charge in [-0.3, -0.25) is 14.6 Å². The van der Waals surface area contributed by atoms with Crippen molar-refractivity contribution in [2.75, 3.05) is 32.7 Å². The highest BCUT2D eigenvalue weighted by molar-refractivity contribution is 6.30. The van der Waals surface area contributed by atoms with Gasteiger partial charge in [-0.25, -0.2) is 5.43 Å². The first kappa shape index (κ1) is 18.6. The third-order valence-corrected chi connectivity index (χ3v) is 4.61. The van der Waals surface area contributed by atoms with E-state index in [1.165, 1.54) is 5.56 Å². The highest BCUT2D eigenvalue weighted by Gasteiger charge is 2.18. The molecule has 1 N–H and O–H groups in total. The van der Waals surface area contributed by atoms with Gasteiger partial charge < -0.3 is 0 Å². The van der Waals surface area contributed by atoms with Crippen molar-refractivity contribution in [1.82, 2.24) is 15.2 Å². The fourth-order valence-electron chi connectivity index (χ4n) is 2.91. The zero-order valence-corrected chi connectivity index (χ0v) is 15.4. The maximum absolute atomic E-state index is 12.0. The summed E-state index contributed by atoms with van der Waals surface area (Å²) in [6.07, 6.45) is 1.65. The smallest absolute Gasteiger partial charge is 0.254 e. The maximum atomic E-state index is 12.0. The molecule has 1 fully saturated rings. The molecule has 0 atom stereocenters. The van der Waals surface area contributed by atoms with Crippen LogP contribution in [0.4, 0.5) is 0 Å². The number of hydrazone groups is 1. The number of hydrogen-bond acceptors (Lipinski definition) is 4. The second-order valence-corrected chi connectivity index (χ2v) is 6.82. The Balaban J connectivity index is 1.37. The largest absolute Gasteiger partial charge is 0.297 e. The average Bonchev–Trinajstić information content (AvgIpc) is 2.66. The van der Waals surface area contributed by atoms with Gasteiger partial charge in [0.05, 0.1) is 12.8 Å². The van der Waals surface area contributed by atoms with Crippen LogP contribution in [0.1, 0.15) is 11.1 Å². The second kappa shape index (κ2) is 9.48. The summed E-state index contributed by atoms with van der Waals surface area (Å²) in [5.41, 5.74) is 4.82. The molecule has 5 nitrogen and oxygen atoms in total. The molecule has 1 aliphatic heterocycles. The van der Waals surface area contributed by atoms with Crippen molar-refractivity contribution in [3.05, 3.63) is 70.7 Å². The number of nitrogens with zero attached hydrogens (tertiary/aromatic N) is 3. The third kappa shape index (κ3) is 5.95. The Bertz CT molecular complexity index is 725. The molecule has 2 aromatic rings. The van der Waals surface area contributed by atoms with Crippen molar-refractivity contribution >= 4 is 23.7 Å². The maximum Gasteiger partial charge on any atom is 0.254 e. The molecule has 0 unspecified atom stereocenters. The lowest BCUT2D eigenvalue weighted by Crippen LogP contribution is -2.48. The molecule has 0 bridgehead atoms. The van der Waals surface area contributed by atoms with Crippen LogP contribution in [0.3, 0.4) is 0 Å². The van der Waals surface area contributed by atoms with Gasteiger partial charge in [-0.05, 0) is 23.3 Å². The summed E-state index contributed by atoms with van der Waals surface area (Å²) in [5.74, 6) is -0.0802. The van der Waals surface area contributed by atoms with Crippen LogP contribution in [0.2, 0.25) is 5.02 Å². The molecule has 0 saturated carbocycles. The van der Waals surface area contributed by atoms with Crippen LogP contribution >= 0.6 is 11.6 Å². The monoisotopic (exact) mass is 370 g/mol. The molecule has 6 heteroatoms. The van der Waals surface area contributed by atoms with E-state index >= 15 is 0 Å². The van der Waals surface area contributed by atoms with Crippen LogP contribution in [0.25, 0.3) is 0 Å². The van der Waals surface area contributed by atoms with Crippen molar-refractivity contribution in [3.8, 4) is 0 Å². The number of hydrogen-bond donors (Lipinski definition) is 1. The van der Waals surface area contributed by atoms with Crippen LogP contribution in [0, 0.1) is 0 Å². The second-order valence-electron chi connectivity index (χ2n) is 6.38. The number of carbonyl (C=O) groups is 1. The van der Waals surface area contributed by atoms with E-state index in [4.69, 9.17) is 11.6 Å². The first-order valence-electron chi connectivity index (χ1n) is 8.75. The van der Waals surface area contributed by atoms with Gasteiger partial charge in [0.2, 0.25) is 0 Å². The van der Waals surface area contributed by atoms with Gasteiger partial charge in [0.25, 0.3) is 5.91 Å². The van der Waals surface area contributed by atoms with E-state index in [-0.39, 0.29) is 5.91 Å². The summed E-state index contributed by atoms with van der Waals surface area (Å²) >= 11 is 5.92. The van der Waals surface area contributed by atoms with Crippen LogP contribution in [-0.2, 0) is 11.3 Å². The molecule has 1 aliphatic rings. The summed E-state index contributed by atoms with van der Waals surface area (Å²) < 4.78 is 0. The molecular formula is C20H23ClN4O. The lowest BCUT2D eigenvalue weighted by Gasteiger charge is -2.34. The number of piperazine rings is 1. The topological polar surface area (TPSA) is 47.9 Å². The van der Waals surface area contributed by atoms with E-state index in [1.807, 2.05) is 42.5 Å². The van der Waals surface area contributed by atoms with Crippen molar-refractivity contribution in [2.45, 2.75) is 6.54 Å². The standard InChI is InChI=1S/C20H23ClN4O/c21-19-8-6-18(7-9-19)15-24-10-12-25(13-11-24)16-20(26)23-22-14-17-4-2-1-3-5-17/h1-9,14H,10-13,15-16H2,(H,23,26)/b22-14-. The SMILES string of the molecule is O=C(CN1CCN(Cc2ccc(Cl)cc2)CC1)N/N=C\c1ccccc1. The number of amides is 1. The molecule has 0 radical (unpaired) electrons. The Morgan fingerprint density at radius 3 is 2.35 bits per heavy atom. The molecule has 1 saturated heterocycles.